The van der Waals surface area contributed by atoms with E-state index in [2.05, 4.69) is 15.2 Å². The second kappa shape index (κ2) is 9.80. The maximum Gasteiger partial charge on any atom is 0.276 e. The first-order valence-corrected chi connectivity index (χ1v) is 12.0. The highest BCUT2D eigenvalue weighted by atomic mass is 32.2. The zero-order chi connectivity index (χ0) is 24.1. The molecule has 4 rings (SSSR count). The summed E-state index contributed by atoms with van der Waals surface area (Å²) in [6.07, 6.45) is 0. The Morgan fingerprint density at radius 1 is 1.00 bits per heavy atom. The number of sulfonamides is 1. The Kier molecular flexibility index (Phi) is 6.65. The van der Waals surface area contributed by atoms with E-state index >= 15 is 0 Å². The van der Waals surface area contributed by atoms with E-state index in [1.54, 1.807) is 60.7 Å². The van der Waals surface area contributed by atoms with Crippen molar-refractivity contribution in [3.63, 3.8) is 0 Å². The van der Waals surface area contributed by atoms with Gasteiger partial charge >= 0.3 is 0 Å². The Morgan fingerprint density at radius 3 is 2.41 bits per heavy atom. The number of ether oxygens (including phenoxy) is 1. The predicted octanol–water partition coefficient (Wildman–Crippen LogP) is 4.19. The third-order valence-corrected chi connectivity index (χ3v) is 6.15. The minimum Gasteiger partial charge on any atom is -0.494 e. The fraction of sp³-hybridized carbons (Fsp3) is 0.120. The predicted molar refractivity (Wildman–Crippen MR) is 129 cm³/mol. The SMILES string of the molecule is CCOc1ccc(NC(=O)c2cc3ccccc3oc2=NNS(=O)(=O)c2ccc(C)cc2)cc1. The molecule has 0 saturated heterocycles. The van der Waals surface area contributed by atoms with Crippen LogP contribution in [0, 0.1) is 6.92 Å². The molecule has 2 N–H and O–H groups in total. The second-order valence-corrected chi connectivity index (χ2v) is 9.09. The normalized spacial score (nSPS) is 11.9. The van der Waals surface area contributed by atoms with E-state index in [1.165, 1.54) is 12.1 Å². The summed E-state index contributed by atoms with van der Waals surface area (Å²) in [6, 6.07) is 21.9. The molecule has 0 bridgehead atoms. The maximum absolute atomic E-state index is 13.1. The van der Waals surface area contributed by atoms with Gasteiger partial charge in [0.1, 0.15) is 16.9 Å². The standard InChI is InChI=1S/C25H23N3O5S/c1-3-32-20-12-10-19(11-13-20)26-24(29)22-16-18-6-4-5-7-23(18)33-25(22)27-28-34(30,31)21-14-8-17(2)9-15-21/h4-16,28H,3H2,1-2H3,(H,26,29). The maximum atomic E-state index is 13.1. The van der Waals surface area contributed by atoms with Gasteiger partial charge in [0.2, 0.25) is 5.55 Å². The van der Waals surface area contributed by atoms with Gasteiger partial charge in [0.05, 0.1) is 11.5 Å². The molecule has 8 nitrogen and oxygen atoms in total. The molecule has 0 aliphatic rings. The van der Waals surface area contributed by atoms with E-state index in [4.69, 9.17) is 9.15 Å². The largest absolute Gasteiger partial charge is 0.494 e. The van der Waals surface area contributed by atoms with Gasteiger partial charge in [0, 0.05) is 11.1 Å². The second-order valence-electron chi connectivity index (χ2n) is 7.43. The molecule has 1 heterocycles. The lowest BCUT2D eigenvalue weighted by atomic mass is 10.1. The minimum absolute atomic E-state index is 0.0445. The van der Waals surface area contributed by atoms with Gasteiger partial charge < -0.3 is 14.5 Å². The van der Waals surface area contributed by atoms with Crippen LogP contribution in [0.3, 0.4) is 0 Å². The Bertz CT molecular complexity index is 1490. The van der Waals surface area contributed by atoms with E-state index in [-0.39, 0.29) is 16.0 Å². The third-order valence-electron chi connectivity index (χ3n) is 4.92. The molecule has 0 spiro atoms. The van der Waals surface area contributed by atoms with E-state index < -0.39 is 15.9 Å². The molecule has 3 aromatic carbocycles. The average molecular weight is 478 g/mol. The highest BCUT2D eigenvalue weighted by Crippen LogP contribution is 2.18. The molecule has 0 aliphatic carbocycles. The smallest absolute Gasteiger partial charge is 0.276 e. The first-order valence-electron chi connectivity index (χ1n) is 10.5. The number of para-hydroxylation sites is 1. The summed E-state index contributed by atoms with van der Waals surface area (Å²) in [6.45, 7) is 4.28. The Balaban J connectivity index is 1.69. The van der Waals surface area contributed by atoms with Crippen molar-refractivity contribution in [1.82, 2.24) is 4.83 Å². The van der Waals surface area contributed by atoms with Crippen LogP contribution in [0.2, 0.25) is 0 Å². The molecule has 0 atom stereocenters. The molecule has 0 fully saturated rings. The number of fused-ring (bicyclic) bond motifs is 1. The average Bonchev–Trinajstić information content (AvgIpc) is 2.84. The summed E-state index contributed by atoms with van der Waals surface area (Å²) >= 11 is 0. The van der Waals surface area contributed by atoms with Crippen molar-refractivity contribution in [2.75, 3.05) is 11.9 Å². The van der Waals surface area contributed by atoms with Crippen molar-refractivity contribution < 1.29 is 22.4 Å². The fourth-order valence-electron chi connectivity index (χ4n) is 3.19. The van der Waals surface area contributed by atoms with Crippen molar-refractivity contribution in [3.05, 3.63) is 95.5 Å². The van der Waals surface area contributed by atoms with Crippen LogP contribution in [0.4, 0.5) is 5.69 Å². The quantitative estimate of drug-likeness (QED) is 0.388. The molecular weight excluding hydrogens is 454 g/mol. The molecule has 174 valence electrons. The summed E-state index contributed by atoms with van der Waals surface area (Å²) in [5, 5.41) is 7.38. The van der Waals surface area contributed by atoms with Crippen LogP contribution in [0.5, 0.6) is 5.75 Å². The number of carbonyl (C=O) groups is 1. The minimum atomic E-state index is -3.96. The molecule has 0 unspecified atom stereocenters. The van der Waals surface area contributed by atoms with Gasteiger partial charge in [-0.25, -0.2) is 0 Å². The molecular formula is C25H23N3O5S. The number of nitrogens with one attached hydrogen (secondary N) is 2. The summed E-state index contributed by atoms with van der Waals surface area (Å²) in [4.78, 5) is 15.3. The highest BCUT2D eigenvalue weighted by molar-refractivity contribution is 7.89. The number of nitrogens with zero attached hydrogens (tertiary/aromatic N) is 1. The summed E-state index contributed by atoms with van der Waals surface area (Å²) in [7, 11) is -3.96. The van der Waals surface area contributed by atoms with E-state index in [1.807, 2.05) is 19.9 Å². The molecule has 0 aliphatic heterocycles. The highest BCUT2D eigenvalue weighted by Gasteiger charge is 2.16. The van der Waals surface area contributed by atoms with E-state index in [9.17, 15) is 13.2 Å². The van der Waals surface area contributed by atoms with Crippen LogP contribution in [0.15, 0.2) is 93.3 Å². The van der Waals surface area contributed by atoms with Gasteiger partial charge in [-0.15, -0.1) is 5.10 Å². The van der Waals surface area contributed by atoms with Crippen LogP contribution < -0.4 is 20.4 Å². The van der Waals surface area contributed by atoms with Crippen LogP contribution in [0.25, 0.3) is 11.0 Å². The summed E-state index contributed by atoms with van der Waals surface area (Å²) in [5.41, 5.74) is 1.81. The number of amides is 1. The topological polar surface area (TPSA) is 110 Å². The van der Waals surface area contributed by atoms with Crippen LogP contribution in [-0.2, 0) is 10.0 Å². The molecule has 0 saturated carbocycles. The van der Waals surface area contributed by atoms with Crippen molar-refractivity contribution >= 4 is 32.6 Å². The van der Waals surface area contributed by atoms with Crippen LogP contribution >= 0.6 is 0 Å². The number of anilines is 1. The van der Waals surface area contributed by atoms with Gasteiger partial charge in [0.25, 0.3) is 15.9 Å². The molecule has 34 heavy (non-hydrogen) atoms. The lowest BCUT2D eigenvalue weighted by molar-refractivity contribution is 0.102. The number of rotatable bonds is 7. The zero-order valence-corrected chi connectivity index (χ0v) is 19.4. The fourth-order valence-corrected chi connectivity index (χ4v) is 3.99. The Hall–Kier alpha value is -4.11. The number of carbonyl (C=O) groups excluding carboxylic acids is 1. The van der Waals surface area contributed by atoms with Gasteiger partial charge in [0.15, 0.2) is 0 Å². The lowest BCUT2D eigenvalue weighted by Gasteiger charge is -2.09. The lowest BCUT2D eigenvalue weighted by Crippen LogP contribution is -2.27. The number of hydrogen-bond acceptors (Lipinski definition) is 6. The van der Waals surface area contributed by atoms with Crippen molar-refractivity contribution in [1.29, 1.82) is 0 Å². The van der Waals surface area contributed by atoms with Gasteiger partial charge in [-0.2, -0.15) is 13.2 Å². The van der Waals surface area contributed by atoms with Gasteiger partial charge in [-0.1, -0.05) is 35.9 Å². The first-order chi connectivity index (χ1) is 16.4. The molecule has 1 aromatic heterocycles. The summed E-state index contributed by atoms with van der Waals surface area (Å²) < 4.78 is 36.6. The van der Waals surface area contributed by atoms with Crippen molar-refractivity contribution in [3.8, 4) is 5.75 Å². The van der Waals surface area contributed by atoms with Gasteiger partial charge in [-0.05, 0) is 62.4 Å². The molecule has 9 heteroatoms. The first kappa shape index (κ1) is 23.1. The van der Waals surface area contributed by atoms with Gasteiger partial charge in [-0.3, -0.25) is 4.79 Å². The van der Waals surface area contributed by atoms with Crippen LogP contribution in [-0.4, -0.2) is 20.9 Å². The monoisotopic (exact) mass is 477 g/mol. The summed E-state index contributed by atoms with van der Waals surface area (Å²) in [5.74, 6) is 0.175. The van der Waals surface area contributed by atoms with Crippen molar-refractivity contribution in [2.24, 2.45) is 5.10 Å². The zero-order valence-electron chi connectivity index (χ0n) is 18.6. The van der Waals surface area contributed by atoms with Crippen LogP contribution in [0.1, 0.15) is 22.8 Å². The van der Waals surface area contributed by atoms with E-state index in [0.717, 1.165) is 5.56 Å². The van der Waals surface area contributed by atoms with E-state index in [0.29, 0.717) is 29.0 Å². The third kappa shape index (κ3) is 5.26. The molecule has 0 radical (unpaired) electrons. The molecule has 1 amide bonds. The Morgan fingerprint density at radius 2 is 1.71 bits per heavy atom. The molecule has 4 aromatic rings. The number of benzene rings is 3. The van der Waals surface area contributed by atoms with Crippen molar-refractivity contribution in [2.45, 2.75) is 18.7 Å². The number of aryl methyl sites for hydroxylation is 1. The Labute approximate surface area is 196 Å². The number of hydrogen-bond donors (Lipinski definition) is 2.